The minimum Gasteiger partial charge on any atom is -0.0625 e. The minimum atomic E-state index is 0.411. The highest BCUT2D eigenvalue weighted by atomic mass is 14.5. The fourth-order valence-electron chi connectivity index (χ4n) is 2.31. The molecule has 0 bridgehead atoms. The normalized spacial score (nSPS) is 30.4. The van der Waals surface area contributed by atoms with E-state index in [2.05, 4.69) is 48.0 Å². The van der Waals surface area contributed by atoms with Crippen molar-refractivity contribution in [2.24, 2.45) is 22.7 Å². The van der Waals surface area contributed by atoms with Gasteiger partial charge in [-0.1, -0.05) is 48.0 Å². The fourth-order valence-corrected chi connectivity index (χ4v) is 2.31. The zero-order valence-electron chi connectivity index (χ0n) is 10.9. The number of hydrogen-bond acceptors (Lipinski definition) is 0. The first-order valence-corrected chi connectivity index (χ1v) is 6.08. The lowest BCUT2D eigenvalue weighted by atomic mass is 9.58. The molecule has 0 aliphatic heterocycles. The lowest BCUT2D eigenvalue weighted by Gasteiger charge is -2.47. The topological polar surface area (TPSA) is 0 Å². The van der Waals surface area contributed by atoms with E-state index in [0.29, 0.717) is 10.8 Å². The summed E-state index contributed by atoms with van der Waals surface area (Å²) >= 11 is 0. The Morgan fingerprint density at radius 1 is 1.00 bits per heavy atom. The molecule has 0 N–H and O–H groups in total. The van der Waals surface area contributed by atoms with Crippen molar-refractivity contribution in [3.63, 3.8) is 0 Å². The van der Waals surface area contributed by atoms with Crippen molar-refractivity contribution in [2.75, 3.05) is 0 Å². The molecule has 1 aliphatic rings. The fraction of sp³-hybridized carbons (Fsp3) is 0.929. The first-order chi connectivity index (χ1) is 6.25. The maximum atomic E-state index is 2.58. The van der Waals surface area contributed by atoms with E-state index in [-0.39, 0.29) is 0 Å². The average molecular weight is 195 g/mol. The molecule has 0 nitrogen and oxygen atoms in total. The lowest BCUT2D eigenvalue weighted by Crippen LogP contribution is -2.39. The van der Waals surface area contributed by atoms with Gasteiger partial charge in [-0.25, -0.2) is 0 Å². The van der Waals surface area contributed by atoms with Crippen molar-refractivity contribution in [3.05, 3.63) is 6.42 Å². The molecule has 0 heteroatoms. The van der Waals surface area contributed by atoms with E-state index < -0.39 is 0 Å². The molecule has 0 aromatic heterocycles. The van der Waals surface area contributed by atoms with Crippen molar-refractivity contribution in [3.8, 4) is 0 Å². The molecule has 2 unspecified atom stereocenters. The van der Waals surface area contributed by atoms with E-state index in [1.807, 2.05) is 0 Å². The maximum absolute atomic E-state index is 2.58. The van der Waals surface area contributed by atoms with Gasteiger partial charge >= 0.3 is 0 Å². The van der Waals surface area contributed by atoms with E-state index in [4.69, 9.17) is 0 Å². The summed E-state index contributed by atoms with van der Waals surface area (Å²) in [5, 5.41) is 0. The van der Waals surface area contributed by atoms with Crippen molar-refractivity contribution in [1.82, 2.24) is 0 Å². The molecule has 0 aromatic carbocycles. The summed E-state index contributed by atoms with van der Waals surface area (Å²) in [5.41, 5.74) is 0.849. The second kappa shape index (κ2) is 3.87. The van der Waals surface area contributed by atoms with Crippen LogP contribution in [0.4, 0.5) is 0 Å². The third-order valence-electron chi connectivity index (χ3n) is 4.65. The van der Waals surface area contributed by atoms with Crippen LogP contribution in [-0.2, 0) is 0 Å². The van der Waals surface area contributed by atoms with Crippen molar-refractivity contribution in [1.29, 1.82) is 0 Å². The monoisotopic (exact) mass is 195 g/mol. The van der Waals surface area contributed by atoms with Gasteiger partial charge in [-0.2, -0.15) is 0 Å². The quantitative estimate of drug-likeness (QED) is 0.569. The van der Waals surface area contributed by atoms with Crippen LogP contribution in [-0.4, -0.2) is 0 Å². The Hall–Kier alpha value is 0. The number of rotatable bonds is 1. The Balaban J connectivity index is 2.65. The molecule has 1 rings (SSSR count). The summed E-state index contributed by atoms with van der Waals surface area (Å²) in [6.45, 7) is 14.4. The molecule has 1 fully saturated rings. The van der Waals surface area contributed by atoms with E-state index in [9.17, 15) is 0 Å². The van der Waals surface area contributed by atoms with E-state index in [1.165, 1.54) is 19.3 Å². The van der Waals surface area contributed by atoms with Gasteiger partial charge < -0.3 is 0 Å². The van der Waals surface area contributed by atoms with Gasteiger partial charge in [-0.15, -0.1) is 0 Å². The lowest BCUT2D eigenvalue weighted by molar-refractivity contribution is 0.0515. The Kier molecular flexibility index (Phi) is 3.33. The summed E-state index contributed by atoms with van der Waals surface area (Å²) in [6.07, 6.45) is 6.72. The van der Waals surface area contributed by atoms with Crippen LogP contribution in [0.5, 0.6) is 0 Å². The van der Waals surface area contributed by atoms with Crippen molar-refractivity contribution in [2.45, 2.75) is 60.8 Å². The van der Waals surface area contributed by atoms with Crippen LogP contribution >= 0.6 is 0 Å². The van der Waals surface area contributed by atoms with Gasteiger partial charge in [0.2, 0.25) is 0 Å². The average Bonchev–Trinajstić information content (AvgIpc) is 2.03. The summed E-state index contributed by atoms with van der Waals surface area (Å²) in [7, 11) is 0. The van der Waals surface area contributed by atoms with Crippen LogP contribution in [0.3, 0.4) is 0 Å². The third kappa shape index (κ3) is 2.32. The predicted octanol–water partition coefficient (Wildman–Crippen LogP) is 4.70. The molecule has 1 saturated carbocycles. The number of hydrogen-bond donors (Lipinski definition) is 0. The minimum absolute atomic E-state index is 0.411. The van der Waals surface area contributed by atoms with Crippen LogP contribution in [0.2, 0.25) is 0 Å². The highest BCUT2D eigenvalue weighted by molar-refractivity contribution is 4.97. The molecule has 0 saturated heterocycles. The molecule has 83 valence electrons. The van der Waals surface area contributed by atoms with Crippen molar-refractivity contribution >= 4 is 0 Å². The summed E-state index contributed by atoms with van der Waals surface area (Å²) in [5.74, 6) is 1.74. The zero-order valence-corrected chi connectivity index (χ0v) is 10.9. The molecule has 0 aromatic rings. The summed E-state index contributed by atoms with van der Waals surface area (Å²) < 4.78 is 0. The molecule has 1 aliphatic carbocycles. The Morgan fingerprint density at radius 3 is 1.93 bits per heavy atom. The predicted molar refractivity (Wildman–Crippen MR) is 64.0 cm³/mol. The first kappa shape index (κ1) is 12.1. The highest BCUT2D eigenvalue weighted by Crippen LogP contribution is 2.49. The molecule has 2 atom stereocenters. The highest BCUT2D eigenvalue weighted by Gasteiger charge is 2.40. The van der Waals surface area contributed by atoms with Gasteiger partial charge in [0.1, 0.15) is 0 Å². The molecular formula is C14H27. The van der Waals surface area contributed by atoms with Crippen LogP contribution in [0.25, 0.3) is 0 Å². The van der Waals surface area contributed by atoms with Crippen LogP contribution in [0.1, 0.15) is 60.8 Å². The van der Waals surface area contributed by atoms with Gasteiger partial charge in [-0.3, -0.25) is 0 Å². The maximum Gasteiger partial charge on any atom is -0.0275 e. The molecule has 1 radical (unpaired) electrons. The van der Waals surface area contributed by atoms with Crippen LogP contribution in [0.15, 0.2) is 0 Å². The Morgan fingerprint density at radius 2 is 1.57 bits per heavy atom. The van der Waals surface area contributed by atoms with Crippen LogP contribution in [0, 0.1) is 29.1 Å². The SMILES string of the molecule is CC1C[CH]C(C(C)(C)C(C)(C)C)CC1. The molecule has 0 amide bonds. The zero-order chi connectivity index (χ0) is 11.0. The smallest absolute Gasteiger partial charge is 0.0275 e. The molecular weight excluding hydrogens is 168 g/mol. The largest absolute Gasteiger partial charge is 0.0625 e. The molecule has 14 heavy (non-hydrogen) atoms. The standard InChI is InChI=1S/C14H27/c1-11-7-9-12(10-8-11)14(5,6)13(2,3)4/h9,11-12H,7-8,10H2,1-6H3. The van der Waals surface area contributed by atoms with Gasteiger partial charge in [0.05, 0.1) is 0 Å². The van der Waals surface area contributed by atoms with Gasteiger partial charge in [-0.05, 0) is 41.9 Å². The van der Waals surface area contributed by atoms with Gasteiger partial charge in [0.25, 0.3) is 0 Å². The van der Waals surface area contributed by atoms with E-state index >= 15 is 0 Å². The molecule has 0 spiro atoms. The summed E-state index contributed by atoms with van der Waals surface area (Å²) in [4.78, 5) is 0. The van der Waals surface area contributed by atoms with Gasteiger partial charge in [0.15, 0.2) is 0 Å². The second-order valence-electron chi connectivity index (χ2n) is 6.73. The van der Waals surface area contributed by atoms with E-state index in [0.717, 1.165) is 11.8 Å². The van der Waals surface area contributed by atoms with Gasteiger partial charge in [0, 0.05) is 0 Å². The summed E-state index contributed by atoms with van der Waals surface area (Å²) in [6, 6.07) is 0. The second-order valence-corrected chi connectivity index (χ2v) is 6.73. The first-order valence-electron chi connectivity index (χ1n) is 6.08. The van der Waals surface area contributed by atoms with E-state index in [1.54, 1.807) is 0 Å². The Bertz CT molecular complexity index is 175. The molecule has 0 heterocycles. The van der Waals surface area contributed by atoms with Crippen molar-refractivity contribution < 1.29 is 0 Å². The van der Waals surface area contributed by atoms with Crippen LogP contribution < -0.4 is 0 Å². The Labute approximate surface area is 90.5 Å². The third-order valence-corrected chi connectivity index (χ3v) is 4.65.